The minimum atomic E-state index is -0.898. The highest BCUT2D eigenvalue weighted by Gasteiger charge is 2.32. The molecule has 6 heteroatoms. The van der Waals surface area contributed by atoms with E-state index >= 15 is 0 Å². The number of benzene rings is 1. The van der Waals surface area contributed by atoms with Crippen LogP contribution in [-0.4, -0.2) is 16.2 Å². The number of primary amides is 1. The largest absolute Gasteiger partial charge is 0.410 e. The summed E-state index contributed by atoms with van der Waals surface area (Å²) in [6, 6.07) is 10.9. The standard InChI is InChI=1S/C16H17BrN2O3/c1-16(2,10-3-5-11(17)6-4-10)14(20)13-8-7-12(9-19-13)22-15(18)21/h3-9,14,20H,1-2H3,(H2,18,21). The average Bonchev–Trinajstić information content (AvgIpc) is 2.47. The lowest BCUT2D eigenvalue weighted by Crippen LogP contribution is -2.27. The van der Waals surface area contributed by atoms with Gasteiger partial charge in [-0.25, -0.2) is 4.79 Å². The average molecular weight is 365 g/mol. The first-order chi connectivity index (χ1) is 10.3. The number of aliphatic hydroxyl groups is 1. The molecule has 0 spiro atoms. The molecule has 0 fully saturated rings. The van der Waals surface area contributed by atoms with Gasteiger partial charge in [-0.3, -0.25) is 4.98 Å². The number of hydrogen-bond acceptors (Lipinski definition) is 4. The Balaban J connectivity index is 2.23. The number of hydrogen-bond donors (Lipinski definition) is 2. The van der Waals surface area contributed by atoms with Crippen molar-refractivity contribution >= 4 is 22.0 Å². The van der Waals surface area contributed by atoms with Crippen molar-refractivity contribution < 1.29 is 14.6 Å². The number of ether oxygens (including phenoxy) is 1. The molecule has 1 heterocycles. The Morgan fingerprint density at radius 2 is 1.91 bits per heavy atom. The molecule has 1 aromatic heterocycles. The highest BCUT2D eigenvalue weighted by Crippen LogP contribution is 2.36. The van der Waals surface area contributed by atoms with Gasteiger partial charge < -0.3 is 15.6 Å². The van der Waals surface area contributed by atoms with Crippen molar-refractivity contribution in [3.05, 3.63) is 58.3 Å². The molecule has 0 radical (unpaired) electrons. The molecule has 0 aliphatic heterocycles. The predicted molar refractivity (Wildman–Crippen MR) is 86.6 cm³/mol. The number of nitrogens with zero attached hydrogens (tertiary/aromatic N) is 1. The van der Waals surface area contributed by atoms with E-state index in [1.54, 1.807) is 12.1 Å². The molecule has 2 aromatic rings. The molecule has 5 nitrogen and oxygen atoms in total. The number of pyridine rings is 1. The first-order valence-electron chi connectivity index (χ1n) is 6.68. The fourth-order valence-electron chi connectivity index (χ4n) is 2.14. The van der Waals surface area contributed by atoms with E-state index in [0.29, 0.717) is 5.69 Å². The number of carbonyl (C=O) groups excluding carboxylic acids is 1. The van der Waals surface area contributed by atoms with E-state index < -0.39 is 17.6 Å². The number of nitrogens with two attached hydrogens (primary N) is 1. The van der Waals surface area contributed by atoms with Crippen LogP contribution in [0.2, 0.25) is 0 Å². The van der Waals surface area contributed by atoms with Crippen molar-refractivity contribution in [2.75, 3.05) is 0 Å². The summed E-state index contributed by atoms with van der Waals surface area (Å²) in [4.78, 5) is 14.8. The van der Waals surface area contributed by atoms with Crippen LogP contribution in [0, 0.1) is 0 Å². The minimum Gasteiger partial charge on any atom is -0.409 e. The maximum Gasteiger partial charge on any atom is 0.410 e. The summed E-state index contributed by atoms with van der Waals surface area (Å²) in [7, 11) is 0. The molecule has 3 N–H and O–H groups in total. The van der Waals surface area contributed by atoms with Gasteiger partial charge in [0, 0.05) is 9.89 Å². The Hall–Kier alpha value is -1.92. The summed E-state index contributed by atoms with van der Waals surface area (Å²) in [6.45, 7) is 3.88. The molecule has 0 aliphatic rings. The third-order valence-electron chi connectivity index (χ3n) is 3.53. The van der Waals surface area contributed by atoms with E-state index in [9.17, 15) is 9.90 Å². The van der Waals surface area contributed by atoms with Gasteiger partial charge in [-0.1, -0.05) is 41.9 Å². The van der Waals surface area contributed by atoms with Crippen LogP contribution in [0.25, 0.3) is 0 Å². The first-order valence-corrected chi connectivity index (χ1v) is 7.47. The molecule has 1 aromatic carbocycles. The topological polar surface area (TPSA) is 85.4 Å². The molecule has 1 amide bonds. The molecule has 1 unspecified atom stereocenters. The maximum atomic E-state index is 10.7. The van der Waals surface area contributed by atoms with Crippen molar-refractivity contribution in [2.24, 2.45) is 5.73 Å². The van der Waals surface area contributed by atoms with Gasteiger partial charge in [-0.2, -0.15) is 0 Å². The van der Waals surface area contributed by atoms with Crippen LogP contribution >= 0.6 is 15.9 Å². The maximum absolute atomic E-state index is 10.7. The summed E-state index contributed by atoms with van der Waals surface area (Å²) in [5.74, 6) is 0.241. The Morgan fingerprint density at radius 1 is 1.27 bits per heavy atom. The van der Waals surface area contributed by atoms with Crippen LogP contribution in [0.15, 0.2) is 47.1 Å². The van der Waals surface area contributed by atoms with Crippen LogP contribution < -0.4 is 10.5 Å². The number of rotatable bonds is 4. The van der Waals surface area contributed by atoms with Crippen LogP contribution in [0.3, 0.4) is 0 Å². The number of aliphatic hydroxyl groups excluding tert-OH is 1. The van der Waals surface area contributed by atoms with Crippen LogP contribution in [0.5, 0.6) is 5.75 Å². The summed E-state index contributed by atoms with van der Waals surface area (Å²) < 4.78 is 5.70. The third-order valence-corrected chi connectivity index (χ3v) is 4.06. The highest BCUT2D eigenvalue weighted by molar-refractivity contribution is 9.10. The second-order valence-corrected chi connectivity index (χ2v) is 6.39. The monoisotopic (exact) mass is 364 g/mol. The van der Waals surface area contributed by atoms with Crippen molar-refractivity contribution in [1.29, 1.82) is 0 Å². The van der Waals surface area contributed by atoms with Gasteiger partial charge in [-0.15, -0.1) is 0 Å². The van der Waals surface area contributed by atoms with E-state index in [2.05, 4.69) is 20.9 Å². The van der Waals surface area contributed by atoms with Gasteiger partial charge in [0.1, 0.15) is 6.10 Å². The van der Waals surface area contributed by atoms with Crippen molar-refractivity contribution in [1.82, 2.24) is 4.98 Å². The molecular weight excluding hydrogens is 348 g/mol. The molecule has 0 saturated carbocycles. The molecule has 22 heavy (non-hydrogen) atoms. The Morgan fingerprint density at radius 3 is 2.41 bits per heavy atom. The molecule has 0 saturated heterocycles. The van der Waals surface area contributed by atoms with Gasteiger partial charge in [0.2, 0.25) is 0 Å². The quantitative estimate of drug-likeness (QED) is 0.871. The van der Waals surface area contributed by atoms with Crippen LogP contribution in [0.4, 0.5) is 4.79 Å². The fraction of sp³-hybridized carbons (Fsp3) is 0.250. The van der Waals surface area contributed by atoms with Crippen LogP contribution in [-0.2, 0) is 5.41 Å². The number of amides is 1. The van der Waals surface area contributed by atoms with Gasteiger partial charge in [0.05, 0.1) is 11.9 Å². The molecule has 0 bridgehead atoms. The van der Waals surface area contributed by atoms with E-state index in [1.165, 1.54) is 6.20 Å². The lowest BCUT2D eigenvalue weighted by molar-refractivity contribution is 0.0960. The second kappa shape index (κ2) is 6.46. The molecule has 0 aliphatic carbocycles. The Kier molecular flexibility index (Phi) is 4.83. The van der Waals surface area contributed by atoms with E-state index in [4.69, 9.17) is 10.5 Å². The van der Waals surface area contributed by atoms with E-state index in [0.717, 1.165) is 10.0 Å². The zero-order chi connectivity index (χ0) is 16.3. The molecule has 2 rings (SSSR count). The lowest BCUT2D eigenvalue weighted by atomic mass is 9.78. The predicted octanol–water partition coefficient (Wildman–Crippen LogP) is 3.31. The normalized spacial score (nSPS) is 12.7. The number of halogens is 1. The van der Waals surface area contributed by atoms with E-state index in [1.807, 2.05) is 38.1 Å². The van der Waals surface area contributed by atoms with Gasteiger partial charge >= 0.3 is 6.09 Å². The third kappa shape index (κ3) is 3.64. The summed E-state index contributed by atoms with van der Waals surface area (Å²) in [5, 5.41) is 10.6. The van der Waals surface area contributed by atoms with Crippen molar-refractivity contribution in [3.63, 3.8) is 0 Å². The van der Waals surface area contributed by atoms with Gasteiger partial charge in [0.15, 0.2) is 5.75 Å². The van der Waals surface area contributed by atoms with Crippen LogP contribution in [0.1, 0.15) is 31.2 Å². The Labute approximate surface area is 137 Å². The summed E-state index contributed by atoms with van der Waals surface area (Å²) in [5.41, 5.74) is 5.89. The zero-order valence-electron chi connectivity index (χ0n) is 12.3. The molecular formula is C16H17BrN2O3. The van der Waals surface area contributed by atoms with Crippen molar-refractivity contribution in [3.8, 4) is 5.75 Å². The highest BCUT2D eigenvalue weighted by atomic mass is 79.9. The zero-order valence-corrected chi connectivity index (χ0v) is 13.9. The number of aromatic nitrogens is 1. The minimum absolute atomic E-state index is 0.241. The summed E-state index contributed by atoms with van der Waals surface area (Å²) in [6.07, 6.45) is -0.345. The SMILES string of the molecule is CC(C)(c1ccc(Br)cc1)C(O)c1ccc(OC(N)=O)cn1. The lowest BCUT2D eigenvalue weighted by Gasteiger charge is -2.31. The summed E-state index contributed by atoms with van der Waals surface area (Å²) >= 11 is 3.40. The molecule has 1 atom stereocenters. The fourth-order valence-corrected chi connectivity index (χ4v) is 2.40. The van der Waals surface area contributed by atoms with Gasteiger partial charge in [-0.05, 0) is 29.8 Å². The number of carbonyl (C=O) groups is 1. The first kappa shape index (κ1) is 16.5. The smallest absolute Gasteiger partial charge is 0.409 e. The van der Waals surface area contributed by atoms with E-state index in [-0.39, 0.29) is 5.75 Å². The van der Waals surface area contributed by atoms with Gasteiger partial charge in [0.25, 0.3) is 0 Å². The Bertz CT molecular complexity index is 654. The van der Waals surface area contributed by atoms with Crippen molar-refractivity contribution in [2.45, 2.75) is 25.4 Å². The molecule has 116 valence electrons. The second-order valence-electron chi connectivity index (χ2n) is 5.47.